The smallest absolute Gasteiger partial charge is 0.273 e. The Morgan fingerprint density at radius 1 is 0.974 bits per heavy atom. The van der Waals surface area contributed by atoms with Crippen LogP contribution in [-0.4, -0.2) is 66.2 Å². The Bertz CT molecular complexity index is 1280. The van der Waals surface area contributed by atoms with Gasteiger partial charge in [0, 0.05) is 28.8 Å². The number of nitrogens with zero attached hydrogens (tertiary/aromatic N) is 3. The average molecular weight is 628 g/mol. The van der Waals surface area contributed by atoms with E-state index in [1.54, 1.807) is 36.4 Å². The van der Waals surface area contributed by atoms with Crippen LogP contribution in [0.5, 0.6) is 5.75 Å². The zero-order valence-corrected chi connectivity index (χ0v) is 24.1. The molecule has 0 unspecified atom stereocenters. The molecule has 0 atom stereocenters. The maximum Gasteiger partial charge on any atom is 0.273 e. The highest BCUT2D eigenvalue weighted by Gasteiger charge is 2.15. The number of nitrogens with one attached hydrogen (secondary N) is 2. The molecule has 0 heterocycles. The molecule has 0 radical (unpaired) electrons. The Morgan fingerprint density at radius 3 is 2.47 bits per heavy atom. The summed E-state index contributed by atoms with van der Waals surface area (Å²) in [6, 6.07) is 19.3. The van der Waals surface area contributed by atoms with Gasteiger partial charge in [-0.25, -0.2) is 5.43 Å². The number of hydrogen-bond donors (Lipinski definition) is 3. The standard InChI is InChI=1S/C29H34IN5O3/c1-4-35(5-2)15-14-34(3)20-22-9-6-10-23(16-22)28(37)32-27-13-12-24(30)18-26(27)29(38)33-31-19-21-8-7-11-25(36)17-21/h6-13,16-19,36H,4-5,14-15,20H2,1-3H3,(H,32,37)(H,33,38). The number of anilines is 1. The topological polar surface area (TPSA) is 97.3 Å². The second kappa shape index (κ2) is 14.6. The molecule has 2 amide bonds. The summed E-state index contributed by atoms with van der Waals surface area (Å²) >= 11 is 2.12. The van der Waals surface area contributed by atoms with E-state index in [2.05, 4.69) is 69.1 Å². The minimum Gasteiger partial charge on any atom is -0.508 e. The van der Waals surface area contributed by atoms with Gasteiger partial charge in [0.15, 0.2) is 0 Å². The molecule has 0 spiro atoms. The summed E-state index contributed by atoms with van der Waals surface area (Å²) in [7, 11) is 2.08. The first kappa shape index (κ1) is 29.3. The van der Waals surface area contributed by atoms with E-state index in [1.807, 2.05) is 24.3 Å². The van der Waals surface area contributed by atoms with Gasteiger partial charge in [-0.2, -0.15) is 5.10 Å². The number of aromatic hydroxyl groups is 1. The first-order chi connectivity index (χ1) is 18.3. The van der Waals surface area contributed by atoms with Crippen LogP contribution in [0.3, 0.4) is 0 Å². The van der Waals surface area contributed by atoms with Crippen molar-refractivity contribution in [1.82, 2.24) is 15.2 Å². The van der Waals surface area contributed by atoms with Crippen LogP contribution in [0, 0.1) is 3.57 Å². The molecule has 8 nitrogen and oxygen atoms in total. The Labute approximate surface area is 237 Å². The molecular formula is C29H34IN5O3. The monoisotopic (exact) mass is 627 g/mol. The third-order valence-electron chi connectivity index (χ3n) is 6.06. The van der Waals surface area contributed by atoms with Crippen LogP contribution in [-0.2, 0) is 6.54 Å². The van der Waals surface area contributed by atoms with Gasteiger partial charge in [0.2, 0.25) is 0 Å². The third kappa shape index (κ3) is 8.93. The summed E-state index contributed by atoms with van der Waals surface area (Å²) in [5.41, 5.74) is 5.38. The van der Waals surface area contributed by atoms with Crippen molar-refractivity contribution in [3.8, 4) is 5.75 Å². The highest BCUT2D eigenvalue weighted by molar-refractivity contribution is 14.1. The first-order valence-electron chi connectivity index (χ1n) is 12.5. The lowest BCUT2D eigenvalue weighted by atomic mass is 10.1. The summed E-state index contributed by atoms with van der Waals surface area (Å²) in [5, 5.41) is 16.4. The summed E-state index contributed by atoms with van der Waals surface area (Å²) in [6.07, 6.45) is 1.44. The van der Waals surface area contributed by atoms with Crippen LogP contribution in [0.25, 0.3) is 0 Å². The Hall–Kier alpha value is -3.28. The second-order valence-electron chi connectivity index (χ2n) is 8.90. The number of phenolic OH excluding ortho intramolecular Hbond substituents is 1. The Kier molecular flexibility index (Phi) is 11.3. The molecule has 3 rings (SSSR count). The average Bonchev–Trinajstić information content (AvgIpc) is 2.90. The number of halogens is 1. The van der Waals surface area contributed by atoms with Gasteiger partial charge in [-0.05, 0) is 96.3 Å². The Balaban J connectivity index is 1.67. The highest BCUT2D eigenvalue weighted by atomic mass is 127. The number of benzene rings is 3. The van der Waals surface area contributed by atoms with Gasteiger partial charge >= 0.3 is 0 Å². The number of hydrogen-bond acceptors (Lipinski definition) is 6. The van der Waals surface area contributed by atoms with Crippen LogP contribution in [0.2, 0.25) is 0 Å². The molecule has 0 saturated heterocycles. The van der Waals surface area contributed by atoms with E-state index in [0.717, 1.165) is 41.9 Å². The van der Waals surface area contributed by atoms with Crippen LogP contribution in [0.1, 0.15) is 45.7 Å². The minimum absolute atomic E-state index is 0.109. The number of rotatable bonds is 12. The van der Waals surface area contributed by atoms with Crippen molar-refractivity contribution in [2.75, 3.05) is 38.5 Å². The normalized spacial score (nSPS) is 11.3. The quantitative estimate of drug-likeness (QED) is 0.153. The van der Waals surface area contributed by atoms with E-state index in [4.69, 9.17) is 0 Å². The van der Waals surface area contributed by atoms with E-state index in [0.29, 0.717) is 22.4 Å². The molecule has 200 valence electrons. The molecule has 0 aliphatic heterocycles. The summed E-state index contributed by atoms with van der Waals surface area (Å²) in [4.78, 5) is 30.6. The number of amides is 2. The maximum absolute atomic E-state index is 13.1. The van der Waals surface area contributed by atoms with E-state index >= 15 is 0 Å². The molecule has 0 aliphatic rings. The van der Waals surface area contributed by atoms with E-state index in [9.17, 15) is 14.7 Å². The van der Waals surface area contributed by atoms with E-state index in [1.165, 1.54) is 12.3 Å². The summed E-state index contributed by atoms with van der Waals surface area (Å²) in [5.74, 6) is -0.645. The predicted octanol–water partition coefficient (Wildman–Crippen LogP) is 4.79. The second-order valence-corrected chi connectivity index (χ2v) is 10.1. The Morgan fingerprint density at radius 2 is 1.74 bits per heavy atom. The minimum atomic E-state index is -0.459. The summed E-state index contributed by atoms with van der Waals surface area (Å²) < 4.78 is 0.845. The van der Waals surface area contributed by atoms with Crippen LogP contribution in [0.15, 0.2) is 71.8 Å². The van der Waals surface area contributed by atoms with E-state index < -0.39 is 5.91 Å². The fourth-order valence-electron chi connectivity index (χ4n) is 3.89. The van der Waals surface area contributed by atoms with Crippen molar-refractivity contribution in [3.63, 3.8) is 0 Å². The number of phenols is 1. The fraction of sp³-hybridized carbons (Fsp3) is 0.276. The van der Waals surface area contributed by atoms with Gasteiger partial charge in [0.05, 0.1) is 17.5 Å². The maximum atomic E-state index is 13.1. The third-order valence-corrected chi connectivity index (χ3v) is 6.73. The first-order valence-corrected chi connectivity index (χ1v) is 13.6. The van der Waals surface area contributed by atoms with Crippen LogP contribution in [0.4, 0.5) is 5.69 Å². The fourth-order valence-corrected chi connectivity index (χ4v) is 4.38. The molecule has 0 aromatic heterocycles. The van der Waals surface area contributed by atoms with Gasteiger partial charge < -0.3 is 20.2 Å². The molecule has 0 bridgehead atoms. The SMILES string of the molecule is CCN(CC)CCN(C)Cc1cccc(C(=O)Nc2ccc(I)cc2C(=O)NN=Cc2cccc(O)c2)c1. The van der Waals surface area contributed by atoms with Crippen LogP contribution < -0.4 is 10.7 Å². The number of likely N-dealkylation sites (N-methyl/N-ethyl adjacent to an activating group) is 2. The number of carbonyl (C=O) groups excluding carboxylic acids is 2. The number of hydrazone groups is 1. The largest absolute Gasteiger partial charge is 0.508 e. The van der Waals surface area contributed by atoms with E-state index in [-0.39, 0.29) is 11.7 Å². The van der Waals surface area contributed by atoms with Crippen molar-refractivity contribution in [3.05, 3.63) is 92.6 Å². The zero-order chi connectivity index (χ0) is 27.5. The van der Waals surface area contributed by atoms with Gasteiger partial charge in [-0.3, -0.25) is 9.59 Å². The van der Waals surface area contributed by atoms with Gasteiger partial charge in [0.25, 0.3) is 11.8 Å². The molecule has 0 aliphatic carbocycles. The van der Waals surface area contributed by atoms with Gasteiger partial charge in [0.1, 0.15) is 5.75 Å². The lowest BCUT2D eigenvalue weighted by Gasteiger charge is -2.23. The van der Waals surface area contributed by atoms with Crippen molar-refractivity contribution >= 4 is 46.3 Å². The lowest BCUT2D eigenvalue weighted by Crippen LogP contribution is -2.32. The molecule has 38 heavy (non-hydrogen) atoms. The molecule has 0 fully saturated rings. The van der Waals surface area contributed by atoms with Crippen LogP contribution >= 0.6 is 22.6 Å². The zero-order valence-electron chi connectivity index (χ0n) is 21.9. The lowest BCUT2D eigenvalue weighted by molar-refractivity contribution is 0.0956. The molecule has 0 saturated carbocycles. The highest BCUT2D eigenvalue weighted by Crippen LogP contribution is 2.20. The number of carbonyl (C=O) groups is 2. The molecule has 3 aromatic carbocycles. The van der Waals surface area contributed by atoms with Crippen molar-refractivity contribution in [1.29, 1.82) is 0 Å². The molecule has 3 N–H and O–H groups in total. The molecule has 3 aromatic rings. The molecular weight excluding hydrogens is 593 g/mol. The van der Waals surface area contributed by atoms with Crippen molar-refractivity contribution in [2.24, 2.45) is 5.10 Å². The van der Waals surface area contributed by atoms with Crippen molar-refractivity contribution in [2.45, 2.75) is 20.4 Å². The van der Waals surface area contributed by atoms with Crippen molar-refractivity contribution < 1.29 is 14.7 Å². The van der Waals surface area contributed by atoms with Gasteiger partial charge in [-0.15, -0.1) is 0 Å². The predicted molar refractivity (Wildman–Crippen MR) is 161 cm³/mol. The van der Waals surface area contributed by atoms with Gasteiger partial charge in [-0.1, -0.05) is 38.1 Å². The molecule has 9 heteroatoms. The summed E-state index contributed by atoms with van der Waals surface area (Å²) in [6.45, 7) is 9.06.